The summed E-state index contributed by atoms with van der Waals surface area (Å²) >= 11 is 0. The molecule has 1 heterocycles. The van der Waals surface area contributed by atoms with Gasteiger partial charge in [0.25, 0.3) is 0 Å². The monoisotopic (exact) mass is 401 g/mol. The molecule has 3 aromatic rings. The number of H-pyrrole nitrogens is 1. The number of anilines is 2. The highest BCUT2D eigenvalue weighted by molar-refractivity contribution is 5.96. The van der Waals surface area contributed by atoms with E-state index < -0.39 is 17.7 Å². The molecule has 5 nitrogen and oxygen atoms in total. The van der Waals surface area contributed by atoms with E-state index in [0.29, 0.717) is 11.4 Å². The number of ether oxygens (including phenoxy) is 1. The zero-order chi connectivity index (χ0) is 20.6. The fraction of sp³-hybridized carbons (Fsp3) is 0.238. The quantitative estimate of drug-likeness (QED) is 0.615. The van der Waals surface area contributed by atoms with Crippen LogP contribution in [0, 0.1) is 6.92 Å². The van der Waals surface area contributed by atoms with Crippen molar-refractivity contribution in [3.8, 4) is 5.75 Å². The molecule has 1 N–H and O–H groups in total. The number of benzene rings is 2. The van der Waals surface area contributed by atoms with Crippen LogP contribution in [0.25, 0.3) is 0 Å². The minimum Gasteiger partial charge on any atom is -0.410 e. The largest absolute Gasteiger partial charge is 0.425 e. The number of aromatic amines is 1. The molecule has 1 aliphatic rings. The maximum atomic E-state index is 13.5. The van der Waals surface area contributed by atoms with Crippen LogP contribution in [0.3, 0.4) is 0 Å². The lowest BCUT2D eigenvalue weighted by molar-refractivity contribution is -0.161. The molecule has 8 heteroatoms. The Hall–Kier alpha value is -3.29. The van der Waals surface area contributed by atoms with Gasteiger partial charge in [0, 0.05) is 6.07 Å². The molecule has 0 atom stereocenters. The third kappa shape index (κ3) is 3.57. The number of halogens is 3. The van der Waals surface area contributed by atoms with Gasteiger partial charge < -0.3 is 4.74 Å². The molecule has 150 valence electrons. The van der Waals surface area contributed by atoms with E-state index in [1.165, 1.54) is 6.07 Å². The zero-order valence-corrected chi connectivity index (χ0v) is 15.5. The molecule has 1 saturated carbocycles. The molecule has 0 bridgehead atoms. The van der Waals surface area contributed by atoms with E-state index in [-0.39, 0.29) is 24.4 Å². The smallest absolute Gasteiger partial charge is 0.410 e. The van der Waals surface area contributed by atoms with E-state index in [1.807, 2.05) is 6.92 Å². The minimum absolute atomic E-state index is 0.00285. The Labute approximate surface area is 165 Å². The van der Waals surface area contributed by atoms with Gasteiger partial charge in [-0.25, -0.2) is 9.69 Å². The third-order valence-corrected chi connectivity index (χ3v) is 5.02. The second kappa shape index (κ2) is 6.95. The lowest BCUT2D eigenvalue weighted by Crippen LogP contribution is -2.30. The summed E-state index contributed by atoms with van der Waals surface area (Å²) < 4.78 is 45.8. The van der Waals surface area contributed by atoms with Gasteiger partial charge in [-0.05, 0) is 44.0 Å². The van der Waals surface area contributed by atoms with Crippen LogP contribution >= 0.6 is 0 Å². The van der Waals surface area contributed by atoms with Gasteiger partial charge in [0.15, 0.2) is 5.82 Å². The van der Waals surface area contributed by atoms with Gasteiger partial charge in [-0.1, -0.05) is 35.9 Å². The highest BCUT2D eigenvalue weighted by Crippen LogP contribution is 2.58. The standard InChI is InChI=1S/C21H18F3N3O2/c1-14-7-9-15(10-8-14)27(19(28)29-16-5-3-2-4-6-16)18-13-17(25-26-18)20(11-12-20)21(22,23)24/h2-10,13H,11-12H2,1H3,(H,25,26). The fourth-order valence-electron chi connectivity index (χ4n) is 3.16. The molecule has 0 saturated heterocycles. The Morgan fingerprint density at radius 3 is 2.34 bits per heavy atom. The summed E-state index contributed by atoms with van der Waals surface area (Å²) in [7, 11) is 0. The van der Waals surface area contributed by atoms with Crippen molar-refractivity contribution in [3.63, 3.8) is 0 Å². The summed E-state index contributed by atoms with van der Waals surface area (Å²) in [5.74, 6) is 0.361. The molecular weight excluding hydrogens is 383 g/mol. The Balaban J connectivity index is 1.70. The second-order valence-electron chi connectivity index (χ2n) is 7.07. The molecule has 0 unspecified atom stereocenters. The van der Waals surface area contributed by atoms with Crippen LogP contribution in [0.2, 0.25) is 0 Å². The van der Waals surface area contributed by atoms with E-state index >= 15 is 0 Å². The van der Waals surface area contributed by atoms with Crippen molar-refractivity contribution in [1.29, 1.82) is 0 Å². The number of aryl methyl sites for hydroxylation is 1. The first-order valence-corrected chi connectivity index (χ1v) is 9.06. The van der Waals surface area contributed by atoms with Crippen molar-refractivity contribution in [2.45, 2.75) is 31.4 Å². The highest BCUT2D eigenvalue weighted by atomic mass is 19.4. The number of carbonyl (C=O) groups excluding carboxylic acids is 1. The molecule has 0 aliphatic heterocycles. The van der Waals surface area contributed by atoms with Gasteiger partial charge in [0.1, 0.15) is 11.2 Å². The van der Waals surface area contributed by atoms with Crippen LogP contribution < -0.4 is 9.64 Å². The van der Waals surface area contributed by atoms with Crippen molar-refractivity contribution < 1.29 is 22.7 Å². The first kappa shape index (κ1) is 19.0. The number of para-hydroxylation sites is 1. The van der Waals surface area contributed by atoms with Crippen molar-refractivity contribution in [3.05, 3.63) is 71.9 Å². The number of amides is 1. The third-order valence-electron chi connectivity index (χ3n) is 5.02. The summed E-state index contributed by atoms with van der Waals surface area (Å²) in [5, 5.41) is 6.47. The molecule has 1 aliphatic carbocycles. The Morgan fingerprint density at radius 2 is 1.76 bits per heavy atom. The Kier molecular flexibility index (Phi) is 4.56. The molecule has 2 aromatic carbocycles. The second-order valence-corrected chi connectivity index (χ2v) is 7.07. The van der Waals surface area contributed by atoms with Crippen molar-refractivity contribution in [2.24, 2.45) is 0 Å². The SMILES string of the molecule is Cc1ccc(N(C(=O)Oc2ccccc2)c2cc(C3(C(F)(F)F)CC3)[nH]n2)cc1. The van der Waals surface area contributed by atoms with E-state index in [2.05, 4.69) is 10.2 Å². The first-order valence-electron chi connectivity index (χ1n) is 9.06. The van der Waals surface area contributed by atoms with Gasteiger partial charge in [-0.3, -0.25) is 5.10 Å². The summed E-state index contributed by atoms with van der Waals surface area (Å²) in [6.07, 6.45) is -5.15. The number of nitrogens with zero attached hydrogens (tertiary/aromatic N) is 2. The Morgan fingerprint density at radius 1 is 1.10 bits per heavy atom. The maximum Gasteiger partial charge on any atom is 0.425 e. The topological polar surface area (TPSA) is 58.2 Å². The molecule has 0 radical (unpaired) electrons. The number of alkyl halides is 3. The van der Waals surface area contributed by atoms with Crippen LogP contribution in [0.5, 0.6) is 5.75 Å². The number of aromatic nitrogens is 2. The average Bonchev–Trinajstić information content (AvgIpc) is 3.38. The lowest BCUT2D eigenvalue weighted by Gasteiger charge is -2.20. The van der Waals surface area contributed by atoms with Crippen LogP contribution in [0.4, 0.5) is 29.5 Å². The molecule has 1 aromatic heterocycles. The summed E-state index contributed by atoms with van der Waals surface area (Å²) in [5.41, 5.74) is -0.557. The zero-order valence-electron chi connectivity index (χ0n) is 15.5. The molecule has 0 spiro atoms. The van der Waals surface area contributed by atoms with Gasteiger partial charge in [0.2, 0.25) is 0 Å². The van der Waals surface area contributed by atoms with Gasteiger partial charge in [0.05, 0.1) is 11.4 Å². The van der Waals surface area contributed by atoms with E-state index in [9.17, 15) is 18.0 Å². The van der Waals surface area contributed by atoms with Crippen LogP contribution in [-0.2, 0) is 5.41 Å². The molecule has 29 heavy (non-hydrogen) atoms. The summed E-state index contributed by atoms with van der Waals surface area (Å²) in [4.78, 5) is 14.0. The summed E-state index contributed by atoms with van der Waals surface area (Å²) in [6, 6.07) is 16.7. The molecular formula is C21H18F3N3O2. The van der Waals surface area contributed by atoms with Gasteiger partial charge >= 0.3 is 12.3 Å². The predicted molar refractivity (Wildman–Crippen MR) is 101 cm³/mol. The number of carbonyl (C=O) groups is 1. The number of nitrogens with one attached hydrogen (secondary N) is 1. The number of hydrogen-bond acceptors (Lipinski definition) is 3. The average molecular weight is 401 g/mol. The molecule has 1 fully saturated rings. The normalized spacial score (nSPS) is 15.0. The van der Waals surface area contributed by atoms with Crippen LogP contribution in [-0.4, -0.2) is 22.5 Å². The predicted octanol–water partition coefficient (Wildman–Crippen LogP) is 5.65. The van der Waals surface area contributed by atoms with Crippen molar-refractivity contribution in [1.82, 2.24) is 10.2 Å². The van der Waals surface area contributed by atoms with Gasteiger partial charge in [-0.15, -0.1) is 0 Å². The van der Waals surface area contributed by atoms with Crippen LogP contribution in [0.15, 0.2) is 60.7 Å². The minimum atomic E-state index is -4.38. The number of rotatable bonds is 4. The highest BCUT2D eigenvalue weighted by Gasteiger charge is 2.65. The maximum absolute atomic E-state index is 13.5. The fourth-order valence-corrected chi connectivity index (χ4v) is 3.16. The first-order chi connectivity index (χ1) is 13.8. The molecule has 1 amide bonds. The van der Waals surface area contributed by atoms with E-state index in [0.717, 1.165) is 10.5 Å². The Bertz CT molecular complexity index is 1010. The summed E-state index contributed by atoms with van der Waals surface area (Å²) in [6.45, 7) is 1.89. The van der Waals surface area contributed by atoms with E-state index in [1.54, 1.807) is 54.6 Å². The number of hydrogen-bond donors (Lipinski definition) is 1. The van der Waals surface area contributed by atoms with Crippen LogP contribution in [0.1, 0.15) is 24.1 Å². The van der Waals surface area contributed by atoms with Gasteiger partial charge in [-0.2, -0.15) is 18.3 Å². The van der Waals surface area contributed by atoms with Crippen molar-refractivity contribution in [2.75, 3.05) is 4.90 Å². The molecule has 4 rings (SSSR count). The van der Waals surface area contributed by atoms with E-state index in [4.69, 9.17) is 4.74 Å². The van der Waals surface area contributed by atoms with Crippen molar-refractivity contribution >= 4 is 17.6 Å². The lowest BCUT2D eigenvalue weighted by atomic mass is 10.0.